The molecule has 0 bridgehead atoms. The summed E-state index contributed by atoms with van der Waals surface area (Å²) in [4.78, 5) is 0. The predicted octanol–water partition coefficient (Wildman–Crippen LogP) is 2.82. The first-order valence-corrected chi connectivity index (χ1v) is 10.2. The molecule has 0 amide bonds. The molecule has 3 heterocycles. The first-order chi connectivity index (χ1) is 15.6. The van der Waals surface area contributed by atoms with Crippen molar-refractivity contribution in [3.63, 3.8) is 0 Å². The van der Waals surface area contributed by atoms with Gasteiger partial charge in [-0.15, -0.1) is 0 Å². The summed E-state index contributed by atoms with van der Waals surface area (Å²) in [7, 11) is 4.57. The third-order valence-electron chi connectivity index (χ3n) is 4.95. The van der Waals surface area contributed by atoms with Gasteiger partial charge in [-0.3, -0.25) is 0 Å². The van der Waals surface area contributed by atoms with Crippen LogP contribution >= 0.6 is 0 Å². The number of allylic oxidation sites excluding steroid dienone is 1. The van der Waals surface area contributed by atoms with Gasteiger partial charge < -0.3 is 52.8 Å². The first kappa shape index (κ1) is 23.9. The van der Waals surface area contributed by atoms with Gasteiger partial charge in [0.15, 0.2) is 17.3 Å². The van der Waals surface area contributed by atoms with Gasteiger partial charge in [0, 0.05) is 34.2 Å². The van der Waals surface area contributed by atoms with Crippen LogP contribution in [0.5, 0.6) is 0 Å². The average molecular weight is 458 g/mol. The fourth-order valence-electron chi connectivity index (χ4n) is 3.27. The molecule has 0 aromatic rings. The third-order valence-corrected chi connectivity index (χ3v) is 4.95. The zero-order valence-corrected chi connectivity index (χ0v) is 18.3. The second-order valence-electron chi connectivity index (χ2n) is 7.18. The summed E-state index contributed by atoms with van der Waals surface area (Å²) in [5.41, 5.74) is 0. The molecule has 5 atom stereocenters. The first-order valence-electron chi connectivity index (χ1n) is 10.2. The molecular weight excluding hydrogens is 428 g/mol. The summed E-state index contributed by atoms with van der Waals surface area (Å²) in [5, 5.41) is 18.8. The summed E-state index contributed by atoms with van der Waals surface area (Å²) >= 11 is 0. The highest BCUT2D eigenvalue weighted by Gasteiger charge is 2.34. The Labute approximate surface area is 186 Å². The van der Waals surface area contributed by atoms with E-state index in [2.05, 4.69) is 0 Å². The maximum Gasteiger partial charge on any atom is 0.243 e. The molecule has 3 rings (SSSR count). The molecule has 3 aliphatic heterocycles. The van der Waals surface area contributed by atoms with Crippen molar-refractivity contribution in [2.24, 2.45) is 0 Å². The molecule has 3 aliphatic rings. The van der Waals surface area contributed by atoms with E-state index in [-0.39, 0.29) is 18.1 Å². The van der Waals surface area contributed by atoms with E-state index in [1.54, 1.807) is 7.11 Å². The number of aliphatic hydroxyl groups excluding tert-OH is 2. The van der Waals surface area contributed by atoms with Crippen LogP contribution in [0.4, 0.5) is 0 Å². The quantitative estimate of drug-likeness (QED) is 0.470. The number of hydrogen-bond donors (Lipinski definition) is 2. The molecule has 2 unspecified atom stereocenters. The van der Waals surface area contributed by atoms with Crippen LogP contribution in [0, 0.1) is 0 Å². The number of methoxy groups -OCH3 is 3. The van der Waals surface area contributed by atoms with Crippen molar-refractivity contribution in [3.8, 4) is 0 Å². The smallest absolute Gasteiger partial charge is 0.243 e. The van der Waals surface area contributed by atoms with Gasteiger partial charge in [-0.1, -0.05) is 0 Å². The highest BCUT2D eigenvalue weighted by atomic mass is 16.7. The van der Waals surface area contributed by atoms with Crippen molar-refractivity contribution < 1.29 is 52.8 Å². The molecule has 0 aromatic carbocycles. The Morgan fingerprint density at radius 3 is 2.31 bits per heavy atom. The van der Waals surface area contributed by atoms with Crippen molar-refractivity contribution in [1.29, 1.82) is 0 Å². The van der Waals surface area contributed by atoms with Crippen LogP contribution in [0.1, 0.15) is 25.7 Å². The number of aliphatic hydroxyl groups is 2. The summed E-state index contributed by atoms with van der Waals surface area (Å²) in [6, 6.07) is 0. The third kappa shape index (κ3) is 6.38. The minimum absolute atomic E-state index is 0.0101. The molecule has 0 saturated carbocycles. The van der Waals surface area contributed by atoms with Gasteiger partial charge in [-0.05, 0) is 0 Å². The van der Waals surface area contributed by atoms with Gasteiger partial charge in [0.25, 0.3) is 0 Å². The van der Waals surface area contributed by atoms with E-state index < -0.39 is 31.1 Å². The highest BCUT2D eigenvalue weighted by molar-refractivity contribution is 5.04. The number of hydrogen-bond acceptors (Lipinski definition) is 11. The largest absolute Gasteiger partial charge is 0.512 e. The lowest BCUT2D eigenvalue weighted by atomic mass is 10.1. The molecule has 32 heavy (non-hydrogen) atoms. The van der Waals surface area contributed by atoms with Crippen LogP contribution in [-0.2, 0) is 42.6 Å². The Hall–Kier alpha value is -2.76. The van der Waals surface area contributed by atoms with Gasteiger partial charge in [0.05, 0.1) is 12.8 Å². The zero-order chi connectivity index (χ0) is 22.9. The predicted molar refractivity (Wildman–Crippen MR) is 107 cm³/mol. The second-order valence-corrected chi connectivity index (χ2v) is 7.18. The molecule has 11 heteroatoms. The highest BCUT2D eigenvalue weighted by Crippen LogP contribution is 2.30. The lowest BCUT2D eigenvalue weighted by Crippen LogP contribution is -2.35. The summed E-state index contributed by atoms with van der Waals surface area (Å²) < 4.78 is 49.4. The molecule has 0 spiro atoms. The number of rotatable bonds is 10. The lowest BCUT2D eigenvalue weighted by molar-refractivity contribution is -0.169. The molecule has 0 fully saturated rings. The van der Waals surface area contributed by atoms with Gasteiger partial charge in [-0.2, -0.15) is 0 Å². The summed E-state index contributed by atoms with van der Waals surface area (Å²) in [6.45, 7) is 0.143. The Morgan fingerprint density at radius 1 is 0.969 bits per heavy atom. The van der Waals surface area contributed by atoms with E-state index in [1.807, 2.05) is 0 Å². The van der Waals surface area contributed by atoms with E-state index in [1.165, 1.54) is 33.0 Å². The molecule has 0 radical (unpaired) electrons. The van der Waals surface area contributed by atoms with Crippen LogP contribution in [-0.4, -0.2) is 69.2 Å². The SMILES string of the molecule is COC/C(=C\O)O[C@H]1CCC(O[C@H]2CC(OC)C(O[C@H]3CC(OC)C(O)=CO3)=CO2)=CO1. The molecule has 2 N–H and O–H groups in total. The van der Waals surface area contributed by atoms with Crippen LogP contribution in [0.15, 0.2) is 48.1 Å². The average Bonchev–Trinajstić information content (AvgIpc) is 2.82. The molecule has 180 valence electrons. The van der Waals surface area contributed by atoms with Gasteiger partial charge >= 0.3 is 0 Å². The minimum atomic E-state index is -0.650. The Bertz CT molecular complexity index is 729. The standard InChI is InChI=1S/C21H30O11/c1-24-9-14(8-22)31-19-5-4-13(10-27-19)30-20-7-17(26-3)18(12-29-20)32-21-6-16(25-2)15(23)11-28-21/h8,10-12,16-17,19-23H,4-7,9H2,1-3H3/b14-8+/t16?,17?,19-,20-,21-/m0/s1. The van der Waals surface area contributed by atoms with Crippen molar-refractivity contribution in [3.05, 3.63) is 48.1 Å². The van der Waals surface area contributed by atoms with Crippen molar-refractivity contribution >= 4 is 0 Å². The van der Waals surface area contributed by atoms with E-state index >= 15 is 0 Å². The summed E-state index contributed by atoms with van der Waals surface area (Å²) in [6.07, 6.45) is 4.05. The van der Waals surface area contributed by atoms with Crippen molar-refractivity contribution in [2.75, 3.05) is 27.9 Å². The Morgan fingerprint density at radius 2 is 1.66 bits per heavy atom. The van der Waals surface area contributed by atoms with Crippen LogP contribution in [0.3, 0.4) is 0 Å². The van der Waals surface area contributed by atoms with Crippen LogP contribution in [0.25, 0.3) is 0 Å². The normalized spacial score (nSPS) is 30.5. The Balaban J connectivity index is 1.50. The molecule has 0 aromatic heterocycles. The molecule has 11 nitrogen and oxygen atoms in total. The minimum Gasteiger partial charge on any atom is -0.512 e. The van der Waals surface area contributed by atoms with E-state index in [9.17, 15) is 5.11 Å². The monoisotopic (exact) mass is 458 g/mol. The zero-order valence-electron chi connectivity index (χ0n) is 18.3. The maximum absolute atomic E-state index is 9.71. The van der Waals surface area contributed by atoms with Gasteiger partial charge in [-0.25, -0.2) is 0 Å². The van der Waals surface area contributed by atoms with Crippen molar-refractivity contribution in [1.82, 2.24) is 0 Å². The maximum atomic E-state index is 9.71. The lowest BCUT2D eigenvalue weighted by Gasteiger charge is -2.33. The fraction of sp³-hybridized carbons (Fsp3) is 0.619. The van der Waals surface area contributed by atoms with Gasteiger partial charge in [0.2, 0.25) is 18.9 Å². The van der Waals surface area contributed by atoms with E-state index in [0.717, 1.165) is 6.26 Å². The molecule has 0 saturated heterocycles. The summed E-state index contributed by atoms with van der Waals surface area (Å²) in [5.74, 6) is 1.33. The van der Waals surface area contributed by atoms with Crippen LogP contribution in [0.2, 0.25) is 0 Å². The number of ether oxygens (including phenoxy) is 9. The molecule has 0 aliphatic carbocycles. The topological polar surface area (TPSA) is 124 Å². The Kier molecular flexibility index (Phi) is 8.77. The van der Waals surface area contributed by atoms with Crippen molar-refractivity contribution in [2.45, 2.75) is 56.8 Å². The van der Waals surface area contributed by atoms with Crippen LogP contribution < -0.4 is 0 Å². The fourth-order valence-corrected chi connectivity index (χ4v) is 3.27. The van der Waals surface area contributed by atoms with E-state index in [0.29, 0.717) is 37.2 Å². The molecular formula is C21H30O11. The van der Waals surface area contributed by atoms with E-state index in [4.69, 9.17) is 47.7 Å². The van der Waals surface area contributed by atoms with Gasteiger partial charge in [0.1, 0.15) is 49.6 Å². The second kappa shape index (κ2) is 11.7.